The molecule has 1 unspecified atom stereocenters. The molecular weight excluding hydrogens is 288 g/mol. The van der Waals surface area contributed by atoms with Crippen LogP contribution in [0, 0.1) is 0 Å². The number of hydrogen-bond donors (Lipinski definition) is 3. The maximum absolute atomic E-state index is 12.3. The van der Waals surface area contributed by atoms with E-state index < -0.39 is 5.54 Å². The van der Waals surface area contributed by atoms with Gasteiger partial charge in [-0.25, -0.2) is 0 Å². The number of nitrogens with one attached hydrogen (secondary N) is 1. The summed E-state index contributed by atoms with van der Waals surface area (Å²) in [5, 5.41) is 12.9. The standard InChI is InChI=1S/C16H17ClN2O2/c1-16(10-20,12-5-3-2-4-6-12)19-15(21)11-7-8-13(17)14(18)9-11/h2-9,20H,10,18H2,1H3,(H,19,21). The van der Waals surface area contributed by atoms with Gasteiger partial charge in [0, 0.05) is 5.56 Å². The van der Waals surface area contributed by atoms with E-state index in [0.717, 1.165) is 5.56 Å². The average molecular weight is 305 g/mol. The first-order valence-corrected chi connectivity index (χ1v) is 6.88. The molecule has 0 radical (unpaired) electrons. The first kappa shape index (κ1) is 15.4. The Hall–Kier alpha value is -2.04. The molecule has 4 N–H and O–H groups in total. The van der Waals surface area contributed by atoms with Crippen LogP contribution < -0.4 is 11.1 Å². The summed E-state index contributed by atoms with van der Waals surface area (Å²) in [6.45, 7) is 1.55. The van der Waals surface area contributed by atoms with Crippen molar-refractivity contribution in [3.05, 3.63) is 64.7 Å². The van der Waals surface area contributed by atoms with Gasteiger partial charge in [-0.1, -0.05) is 41.9 Å². The lowest BCUT2D eigenvalue weighted by Gasteiger charge is -2.29. The fourth-order valence-corrected chi connectivity index (χ4v) is 2.13. The summed E-state index contributed by atoms with van der Waals surface area (Å²) < 4.78 is 0. The van der Waals surface area contributed by atoms with Crippen molar-refractivity contribution in [2.75, 3.05) is 12.3 Å². The Morgan fingerprint density at radius 1 is 1.29 bits per heavy atom. The summed E-state index contributed by atoms with van der Waals surface area (Å²) in [5.74, 6) is -0.321. The first-order valence-electron chi connectivity index (χ1n) is 6.50. The third-order valence-electron chi connectivity index (χ3n) is 3.37. The first-order chi connectivity index (χ1) is 9.96. The minimum Gasteiger partial charge on any atom is -0.398 e. The number of benzene rings is 2. The zero-order valence-electron chi connectivity index (χ0n) is 11.6. The highest BCUT2D eigenvalue weighted by Gasteiger charge is 2.28. The van der Waals surface area contributed by atoms with Crippen molar-refractivity contribution in [1.82, 2.24) is 5.32 Å². The molecule has 2 rings (SSSR count). The Balaban J connectivity index is 2.26. The zero-order valence-corrected chi connectivity index (χ0v) is 12.4. The van der Waals surface area contributed by atoms with Crippen LogP contribution in [0.25, 0.3) is 0 Å². The Morgan fingerprint density at radius 2 is 1.95 bits per heavy atom. The van der Waals surface area contributed by atoms with E-state index in [2.05, 4.69) is 5.32 Å². The van der Waals surface area contributed by atoms with Crippen LogP contribution in [0.2, 0.25) is 5.02 Å². The van der Waals surface area contributed by atoms with E-state index >= 15 is 0 Å². The van der Waals surface area contributed by atoms with Crippen molar-refractivity contribution >= 4 is 23.2 Å². The van der Waals surface area contributed by atoms with E-state index in [4.69, 9.17) is 17.3 Å². The lowest BCUT2D eigenvalue weighted by molar-refractivity contribution is 0.0849. The number of carbonyl (C=O) groups excluding carboxylic acids is 1. The van der Waals surface area contributed by atoms with Gasteiger partial charge in [-0.2, -0.15) is 0 Å². The SMILES string of the molecule is CC(CO)(NC(=O)c1ccc(Cl)c(N)c1)c1ccccc1. The second-order valence-electron chi connectivity index (χ2n) is 5.05. The molecule has 2 aromatic carbocycles. The summed E-state index contributed by atoms with van der Waals surface area (Å²) in [6, 6.07) is 14.0. The molecule has 0 saturated heterocycles. The number of nitrogens with two attached hydrogens (primary N) is 1. The lowest BCUT2D eigenvalue weighted by atomic mass is 9.92. The molecule has 4 nitrogen and oxygen atoms in total. The highest BCUT2D eigenvalue weighted by atomic mass is 35.5. The molecule has 110 valence electrons. The molecule has 0 aliphatic rings. The number of anilines is 1. The van der Waals surface area contributed by atoms with Gasteiger partial charge in [-0.05, 0) is 30.7 Å². The van der Waals surface area contributed by atoms with Crippen molar-refractivity contribution < 1.29 is 9.90 Å². The summed E-state index contributed by atoms with van der Waals surface area (Å²) >= 11 is 5.84. The number of hydrogen-bond acceptors (Lipinski definition) is 3. The third-order valence-corrected chi connectivity index (χ3v) is 3.72. The van der Waals surface area contributed by atoms with Crippen LogP contribution in [0.3, 0.4) is 0 Å². The van der Waals surface area contributed by atoms with E-state index in [9.17, 15) is 9.90 Å². The second kappa shape index (κ2) is 6.16. The molecule has 0 aliphatic heterocycles. The van der Waals surface area contributed by atoms with Gasteiger partial charge in [0.05, 0.1) is 22.9 Å². The van der Waals surface area contributed by atoms with Crippen LogP contribution in [0.5, 0.6) is 0 Å². The van der Waals surface area contributed by atoms with Gasteiger partial charge < -0.3 is 16.2 Å². The van der Waals surface area contributed by atoms with Crippen LogP contribution in [0.15, 0.2) is 48.5 Å². The largest absolute Gasteiger partial charge is 0.398 e. The van der Waals surface area contributed by atoms with Gasteiger partial charge in [0.1, 0.15) is 0 Å². The minimum absolute atomic E-state index is 0.216. The molecule has 0 aromatic heterocycles. The summed E-state index contributed by atoms with van der Waals surface area (Å²) in [5.41, 5.74) is 6.40. The predicted octanol–water partition coefficient (Wildman–Crippen LogP) is 2.56. The predicted molar refractivity (Wildman–Crippen MR) is 84.2 cm³/mol. The lowest BCUT2D eigenvalue weighted by Crippen LogP contribution is -2.46. The van der Waals surface area contributed by atoms with Crippen LogP contribution in [0.4, 0.5) is 5.69 Å². The van der Waals surface area contributed by atoms with E-state index in [-0.39, 0.29) is 12.5 Å². The Kier molecular flexibility index (Phi) is 4.50. The van der Waals surface area contributed by atoms with E-state index in [1.165, 1.54) is 6.07 Å². The fourth-order valence-electron chi connectivity index (χ4n) is 2.02. The van der Waals surface area contributed by atoms with Crippen molar-refractivity contribution in [3.8, 4) is 0 Å². The third kappa shape index (κ3) is 3.35. The number of aliphatic hydroxyl groups is 1. The van der Waals surface area contributed by atoms with Crippen molar-refractivity contribution in [1.29, 1.82) is 0 Å². The van der Waals surface area contributed by atoms with Gasteiger partial charge >= 0.3 is 0 Å². The van der Waals surface area contributed by atoms with Crippen molar-refractivity contribution in [3.63, 3.8) is 0 Å². The zero-order chi connectivity index (χ0) is 15.5. The number of halogens is 1. The van der Waals surface area contributed by atoms with Crippen molar-refractivity contribution in [2.45, 2.75) is 12.5 Å². The molecule has 0 spiro atoms. The van der Waals surface area contributed by atoms with Crippen LogP contribution >= 0.6 is 11.6 Å². The fraction of sp³-hybridized carbons (Fsp3) is 0.188. The Morgan fingerprint density at radius 3 is 2.52 bits per heavy atom. The van der Waals surface area contributed by atoms with Gasteiger partial charge in [0.15, 0.2) is 0 Å². The average Bonchev–Trinajstić information content (AvgIpc) is 2.50. The van der Waals surface area contributed by atoms with Gasteiger partial charge in [-0.15, -0.1) is 0 Å². The maximum Gasteiger partial charge on any atom is 0.252 e. The summed E-state index contributed by atoms with van der Waals surface area (Å²) in [6.07, 6.45) is 0. The van der Waals surface area contributed by atoms with Gasteiger partial charge in [0.2, 0.25) is 0 Å². The normalized spacial score (nSPS) is 13.5. The van der Waals surface area contributed by atoms with E-state index in [0.29, 0.717) is 16.3 Å². The number of amides is 1. The van der Waals surface area contributed by atoms with E-state index in [1.54, 1.807) is 19.1 Å². The van der Waals surface area contributed by atoms with Crippen molar-refractivity contribution in [2.24, 2.45) is 0 Å². The number of nitrogen functional groups attached to an aromatic ring is 1. The number of rotatable bonds is 4. The minimum atomic E-state index is -0.868. The highest BCUT2D eigenvalue weighted by molar-refractivity contribution is 6.33. The number of aliphatic hydroxyl groups excluding tert-OH is 1. The molecule has 1 amide bonds. The molecule has 0 saturated carbocycles. The van der Waals surface area contributed by atoms with Crippen LogP contribution in [-0.2, 0) is 5.54 Å². The molecule has 2 aromatic rings. The number of carbonyl (C=O) groups is 1. The van der Waals surface area contributed by atoms with Crippen LogP contribution in [0.1, 0.15) is 22.8 Å². The quantitative estimate of drug-likeness (QED) is 0.760. The Labute approximate surface area is 128 Å². The molecule has 21 heavy (non-hydrogen) atoms. The van der Waals surface area contributed by atoms with E-state index in [1.807, 2.05) is 30.3 Å². The highest BCUT2D eigenvalue weighted by Crippen LogP contribution is 2.23. The Bertz CT molecular complexity index is 646. The summed E-state index contributed by atoms with van der Waals surface area (Å²) in [4.78, 5) is 12.3. The summed E-state index contributed by atoms with van der Waals surface area (Å²) in [7, 11) is 0. The molecule has 0 bridgehead atoms. The van der Waals surface area contributed by atoms with Gasteiger partial charge in [-0.3, -0.25) is 4.79 Å². The molecule has 0 fully saturated rings. The monoisotopic (exact) mass is 304 g/mol. The smallest absolute Gasteiger partial charge is 0.252 e. The molecule has 0 aliphatic carbocycles. The molecule has 0 heterocycles. The van der Waals surface area contributed by atoms with Gasteiger partial charge in [0.25, 0.3) is 5.91 Å². The maximum atomic E-state index is 12.3. The molecule has 1 atom stereocenters. The second-order valence-corrected chi connectivity index (χ2v) is 5.45. The molecule has 5 heteroatoms. The van der Waals surface area contributed by atoms with Crippen LogP contribution in [-0.4, -0.2) is 17.6 Å². The molecular formula is C16H17ClN2O2. The topological polar surface area (TPSA) is 75.3 Å².